The fourth-order valence-corrected chi connectivity index (χ4v) is 2.63. The van der Waals surface area contributed by atoms with Gasteiger partial charge in [-0.3, -0.25) is 20.4 Å². The number of carbonyl (C=O) groups is 2. The molecule has 1 aliphatic rings. The van der Waals surface area contributed by atoms with Gasteiger partial charge in [0.1, 0.15) is 0 Å². The second kappa shape index (κ2) is 6.68. The Kier molecular flexibility index (Phi) is 4.93. The number of hydrazine groups is 1. The number of likely N-dealkylation sites (tertiary alicyclic amines) is 1. The van der Waals surface area contributed by atoms with Gasteiger partial charge in [-0.05, 0) is 28.1 Å². The largest absolute Gasteiger partial charge is 0.327 e. The first-order valence-corrected chi connectivity index (χ1v) is 7.13. The fraction of sp³-hybridized carbons (Fsp3) is 0.385. The van der Waals surface area contributed by atoms with Crippen LogP contribution in [-0.4, -0.2) is 31.4 Å². The number of hydrogen-bond donors (Lipinski definition) is 3. The Bertz CT molecular complexity index is 473. The van der Waals surface area contributed by atoms with Crippen molar-refractivity contribution in [2.75, 3.05) is 19.6 Å². The van der Waals surface area contributed by atoms with Crippen LogP contribution in [0.5, 0.6) is 0 Å². The van der Waals surface area contributed by atoms with Crippen molar-refractivity contribution in [3.63, 3.8) is 0 Å². The summed E-state index contributed by atoms with van der Waals surface area (Å²) in [6.07, 6.45) is 2.35. The summed E-state index contributed by atoms with van der Waals surface area (Å²) in [7, 11) is 0. The van der Waals surface area contributed by atoms with Gasteiger partial charge < -0.3 is 4.90 Å². The SMILES string of the molecule is O=C(C[NH+]1CCCC1)NNC(=O)c1ccccc1Br. The smallest absolute Gasteiger partial charge is 0.293 e. The highest BCUT2D eigenvalue weighted by Gasteiger charge is 2.19. The normalized spacial score (nSPS) is 15.2. The molecule has 1 aromatic rings. The molecule has 0 saturated carbocycles. The molecule has 6 heteroatoms. The lowest BCUT2D eigenvalue weighted by molar-refractivity contribution is -0.879. The lowest BCUT2D eigenvalue weighted by Gasteiger charge is -2.12. The first-order valence-electron chi connectivity index (χ1n) is 6.34. The minimum Gasteiger partial charge on any atom is -0.327 e. The van der Waals surface area contributed by atoms with Crippen molar-refractivity contribution in [3.05, 3.63) is 34.3 Å². The maximum Gasteiger partial charge on any atom is 0.293 e. The summed E-state index contributed by atoms with van der Waals surface area (Å²) in [6.45, 7) is 2.48. The predicted octanol–water partition coefficient (Wildman–Crippen LogP) is -0.111. The number of amides is 2. The monoisotopic (exact) mass is 326 g/mol. The molecule has 0 atom stereocenters. The molecule has 1 aromatic carbocycles. The average molecular weight is 327 g/mol. The molecular formula is C13H17BrN3O2+. The van der Waals surface area contributed by atoms with E-state index in [9.17, 15) is 9.59 Å². The molecule has 0 radical (unpaired) electrons. The Labute approximate surface area is 120 Å². The number of benzene rings is 1. The summed E-state index contributed by atoms with van der Waals surface area (Å²) in [6, 6.07) is 7.08. The molecule has 1 fully saturated rings. The molecule has 1 aliphatic heterocycles. The van der Waals surface area contributed by atoms with Gasteiger partial charge in [-0.1, -0.05) is 12.1 Å². The highest BCUT2D eigenvalue weighted by atomic mass is 79.9. The second-order valence-corrected chi connectivity index (χ2v) is 5.47. The highest BCUT2D eigenvalue weighted by Crippen LogP contribution is 2.14. The van der Waals surface area contributed by atoms with E-state index in [0.717, 1.165) is 13.1 Å². The summed E-state index contributed by atoms with van der Waals surface area (Å²) >= 11 is 3.30. The number of rotatable bonds is 3. The summed E-state index contributed by atoms with van der Waals surface area (Å²) in [5.41, 5.74) is 5.38. The second-order valence-electron chi connectivity index (χ2n) is 4.62. The Morgan fingerprint density at radius 1 is 1.16 bits per heavy atom. The molecule has 0 spiro atoms. The van der Waals surface area contributed by atoms with Crippen molar-refractivity contribution in [2.24, 2.45) is 0 Å². The van der Waals surface area contributed by atoms with Gasteiger partial charge in [-0.2, -0.15) is 0 Å². The van der Waals surface area contributed by atoms with E-state index in [2.05, 4.69) is 26.8 Å². The Balaban J connectivity index is 1.80. The fourth-order valence-electron chi connectivity index (χ4n) is 2.16. The molecule has 0 aromatic heterocycles. The van der Waals surface area contributed by atoms with Gasteiger partial charge in [0.15, 0.2) is 6.54 Å². The number of nitrogens with one attached hydrogen (secondary N) is 3. The van der Waals surface area contributed by atoms with E-state index < -0.39 is 0 Å². The van der Waals surface area contributed by atoms with E-state index in [0.29, 0.717) is 16.6 Å². The van der Waals surface area contributed by atoms with Crippen LogP contribution in [0.3, 0.4) is 0 Å². The molecule has 19 heavy (non-hydrogen) atoms. The first kappa shape index (κ1) is 14.0. The molecule has 5 nitrogen and oxygen atoms in total. The molecule has 2 amide bonds. The molecular weight excluding hydrogens is 310 g/mol. The topological polar surface area (TPSA) is 62.6 Å². The van der Waals surface area contributed by atoms with Crippen LogP contribution in [-0.2, 0) is 4.79 Å². The number of carbonyl (C=O) groups excluding carboxylic acids is 2. The Hall–Kier alpha value is -1.40. The zero-order chi connectivity index (χ0) is 13.7. The minimum absolute atomic E-state index is 0.155. The van der Waals surface area contributed by atoms with E-state index in [-0.39, 0.29) is 11.8 Å². The highest BCUT2D eigenvalue weighted by molar-refractivity contribution is 9.10. The maximum atomic E-state index is 11.8. The molecule has 0 unspecified atom stereocenters. The van der Waals surface area contributed by atoms with Crippen molar-refractivity contribution in [1.82, 2.24) is 10.9 Å². The van der Waals surface area contributed by atoms with Crippen molar-refractivity contribution in [2.45, 2.75) is 12.8 Å². The van der Waals surface area contributed by atoms with Crippen LogP contribution in [0.15, 0.2) is 28.7 Å². The van der Waals surface area contributed by atoms with Gasteiger partial charge in [-0.25, -0.2) is 0 Å². The molecule has 102 valence electrons. The number of quaternary nitrogens is 1. The van der Waals surface area contributed by atoms with E-state index in [1.807, 2.05) is 6.07 Å². The van der Waals surface area contributed by atoms with Crippen LogP contribution >= 0.6 is 15.9 Å². The van der Waals surface area contributed by atoms with Crippen molar-refractivity contribution in [1.29, 1.82) is 0 Å². The van der Waals surface area contributed by atoms with Gasteiger partial charge >= 0.3 is 0 Å². The molecule has 2 rings (SSSR count). The van der Waals surface area contributed by atoms with Crippen LogP contribution in [0.1, 0.15) is 23.2 Å². The summed E-state index contributed by atoms with van der Waals surface area (Å²) in [5.74, 6) is -0.477. The average Bonchev–Trinajstić information content (AvgIpc) is 2.89. The Morgan fingerprint density at radius 2 is 1.84 bits per heavy atom. The predicted molar refractivity (Wildman–Crippen MR) is 74.5 cm³/mol. The van der Waals surface area contributed by atoms with Crippen LogP contribution < -0.4 is 15.8 Å². The zero-order valence-corrected chi connectivity index (χ0v) is 12.1. The van der Waals surface area contributed by atoms with Gasteiger partial charge in [0, 0.05) is 17.3 Å². The van der Waals surface area contributed by atoms with Gasteiger partial charge in [0.05, 0.1) is 18.7 Å². The van der Waals surface area contributed by atoms with E-state index in [4.69, 9.17) is 0 Å². The molecule has 0 aliphatic carbocycles. The summed E-state index contributed by atoms with van der Waals surface area (Å²) < 4.78 is 0.701. The summed E-state index contributed by atoms with van der Waals surface area (Å²) in [4.78, 5) is 24.8. The van der Waals surface area contributed by atoms with E-state index in [1.54, 1.807) is 18.2 Å². The number of halogens is 1. The van der Waals surface area contributed by atoms with Gasteiger partial charge in [-0.15, -0.1) is 0 Å². The van der Waals surface area contributed by atoms with Crippen molar-refractivity contribution < 1.29 is 14.5 Å². The lowest BCUT2D eigenvalue weighted by Crippen LogP contribution is -3.11. The number of hydrogen-bond acceptors (Lipinski definition) is 2. The van der Waals surface area contributed by atoms with Crippen molar-refractivity contribution >= 4 is 27.7 Å². The quantitative estimate of drug-likeness (QED) is 0.679. The third-order valence-corrected chi connectivity index (χ3v) is 3.85. The standard InChI is InChI=1S/C13H16BrN3O2/c14-11-6-2-1-5-10(11)13(19)16-15-12(18)9-17-7-3-4-8-17/h1-2,5-6H,3-4,7-9H2,(H,15,18)(H,16,19)/p+1. The third kappa shape index (κ3) is 4.04. The summed E-state index contributed by atoms with van der Waals surface area (Å²) in [5, 5.41) is 0. The van der Waals surface area contributed by atoms with Crippen LogP contribution in [0, 0.1) is 0 Å². The van der Waals surface area contributed by atoms with Crippen LogP contribution in [0.2, 0.25) is 0 Å². The Morgan fingerprint density at radius 3 is 2.53 bits per heavy atom. The van der Waals surface area contributed by atoms with E-state index >= 15 is 0 Å². The third-order valence-electron chi connectivity index (χ3n) is 3.16. The van der Waals surface area contributed by atoms with Crippen LogP contribution in [0.4, 0.5) is 0 Å². The van der Waals surface area contributed by atoms with Gasteiger partial charge in [0.2, 0.25) is 0 Å². The van der Waals surface area contributed by atoms with E-state index in [1.165, 1.54) is 17.7 Å². The zero-order valence-electron chi connectivity index (χ0n) is 10.5. The maximum absolute atomic E-state index is 11.8. The van der Waals surface area contributed by atoms with Gasteiger partial charge in [0.25, 0.3) is 11.8 Å². The first-order chi connectivity index (χ1) is 9.16. The van der Waals surface area contributed by atoms with Crippen LogP contribution in [0.25, 0.3) is 0 Å². The molecule has 1 heterocycles. The molecule has 1 saturated heterocycles. The molecule has 0 bridgehead atoms. The lowest BCUT2D eigenvalue weighted by atomic mass is 10.2. The minimum atomic E-state index is -0.322. The molecule has 3 N–H and O–H groups in total. The van der Waals surface area contributed by atoms with Crippen molar-refractivity contribution in [3.8, 4) is 0 Å².